The Balaban J connectivity index is 2.19. The number of carbonyl (C=O) groups is 1. The van der Waals surface area contributed by atoms with Gasteiger partial charge in [-0.1, -0.05) is 0 Å². The molecule has 2 rings (SSSR count). The van der Waals surface area contributed by atoms with Gasteiger partial charge in [0.2, 0.25) is 0 Å². The highest BCUT2D eigenvalue weighted by Gasteiger charge is 2.13. The van der Waals surface area contributed by atoms with Crippen LogP contribution in [0.3, 0.4) is 0 Å². The molecule has 3 N–H and O–H groups in total. The first kappa shape index (κ1) is 13.4. The van der Waals surface area contributed by atoms with Crippen LogP contribution in [0, 0.1) is 0 Å². The first-order valence-corrected chi connectivity index (χ1v) is 6.58. The average molecular weight is 277 g/mol. The number of hydrogen-bond donors (Lipinski definition) is 2. The van der Waals surface area contributed by atoms with E-state index in [-0.39, 0.29) is 5.91 Å². The number of nitrogens with one attached hydrogen (secondary N) is 1. The Kier molecular flexibility index (Phi) is 4.08. The van der Waals surface area contributed by atoms with Gasteiger partial charge in [0.05, 0.1) is 5.69 Å². The van der Waals surface area contributed by atoms with Crippen molar-refractivity contribution in [2.24, 2.45) is 5.73 Å². The van der Waals surface area contributed by atoms with Gasteiger partial charge in [0.1, 0.15) is 10.7 Å². The lowest BCUT2D eigenvalue weighted by atomic mass is 10.3. The Morgan fingerprint density at radius 2 is 2.32 bits per heavy atom. The van der Waals surface area contributed by atoms with Gasteiger partial charge in [0.25, 0.3) is 5.91 Å². The zero-order chi connectivity index (χ0) is 13.8. The van der Waals surface area contributed by atoms with Crippen molar-refractivity contribution in [3.05, 3.63) is 34.4 Å². The summed E-state index contributed by atoms with van der Waals surface area (Å²) in [5.74, 6) is 0.442. The van der Waals surface area contributed by atoms with E-state index in [9.17, 15) is 4.79 Å². The van der Waals surface area contributed by atoms with Crippen LogP contribution in [-0.4, -0.2) is 30.0 Å². The van der Waals surface area contributed by atoms with E-state index >= 15 is 0 Å². The maximum Gasteiger partial charge on any atom is 0.275 e. The number of nitrogens with zero attached hydrogens (tertiary/aromatic N) is 3. The van der Waals surface area contributed by atoms with Gasteiger partial charge < -0.3 is 16.0 Å². The van der Waals surface area contributed by atoms with Crippen molar-refractivity contribution in [2.45, 2.75) is 6.54 Å². The van der Waals surface area contributed by atoms with Crippen LogP contribution in [0.4, 0.5) is 11.5 Å². The lowest BCUT2D eigenvalue weighted by Gasteiger charge is -2.15. The van der Waals surface area contributed by atoms with E-state index in [1.807, 2.05) is 19.0 Å². The molecule has 0 atom stereocenters. The molecule has 7 heteroatoms. The summed E-state index contributed by atoms with van der Waals surface area (Å²) in [4.78, 5) is 22.3. The number of hydrogen-bond acceptors (Lipinski definition) is 6. The predicted molar refractivity (Wildman–Crippen MR) is 76.5 cm³/mol. The van der Waals surface area contributed by atoms with E-state index in [0.29, 0.717) is 23.7 Å². The van der Waals surface area contributed by atoms with E-state index < -0.39 is 0 Å². The summed E-state index contributed by atoms with van der Waals surface area (Å²) in [7, 11) is 3.74. The van der Waals surface area contributed by atoms with Gasteiger partial charge in [0, 0.05) is 32.2 Å². The molecule has 0 radical (unpaired) electrons. The third kappa shape index (κ3) is 3.07. The molecule has 2 aromatic rings. The first-order chi connectivity index (χ1) is 9.11. The smallest absolute Gasteiger partial charge is 0.275 e. The van der Waals surface area contributed by atoms with Crippen molar-refractivity contribution < 1.29 is 4.79 Å². The first-order valence-electron chi connectivity index (χ1n) is 5.70. The Morgan fingerprint density at radius 1 is 1.53 bits per heavy atom. The van der Waals surface area contributed by atoms with Crippen LogP contribution in [0.2, 0.25) is 0 Å². The molecule has 0 aromatic carbocycles. The Bertz CT molecular complexity index is 581. The highest BCUT2D eigenvalue weighted by molar-refractivity contribution is 7.09. The minimum absolute atomic E-state index is 0.257. The molecule has 2 heterocycles. The van der Waals surface area contributed by atoms with Crippen molar-refractivity contribution in [3.63, 3.8) is 0 Å². The quantitative estimate of drug-likeness (QED) is 0.880. The van der Waals surface area contributed by atoms with E-state index in [4.69, 9.17) is 5.73 Å². The summed E-state index contributed by atoms with van der Waals surface area (Å²) in [5.41, 5.74) is 6.51. The molecule has 0 spiro atoms. The van der Waals surface area contributed by atoms with Crippen LogP contribution < -0.4 is 16.0 Å². The summed E-state index contributed by atoms with van der Waals surface area (Å²) < 4.78 is 0. The molecule has 0 aliphatic carbocycles. The van der Waals surface area contributed by atoms with Crippen molar-refractivity contribution in [3.8, 4) is 0 Å². The van der Waals surface area contributed by atoms with Crippen LogP contribution in [0.25, 0.3) is 0 Å². The second kappa shape index (κ2) is 5.77. The van der Waals surface area contributed by atoms with Gasteiger partial charge >= 0.3 is 0 Å². The van der Waals surface area contributed by atoms with Gasteiger partial charge in [-0.2, -0.15) is 0 Å². The largest absolute Gasteiger partial charge is 0.361 e. The standard InChI is InChI=1S/C12H15N5OS/c1-17(2)11-8(4-3-5-14-11)16-12(18)9-7-19-10(6-13)15-9/h3-5,7H,6,13H2,1-2H3,(H,16,18). The molecule has 1 amide bonds. The van der Waals surface area contributed by atoms with Crippen LogP contribution in [0.15, 0.2) is 23.7 Å². The Labute approximate surface area is 115 Å². The predicted octanol–water partition coefficient (Wildman–Crippen LogP) is 1.32. The normalized spacial score (nSPS) is 10.3. The third-order valence-electron chi connectivity index (χ3n) is 2.42. The maximum atomic E-state index is 12.1. The van der Waals surface area contributed by atoms with Gasteiger partial charge in [-0.05, 0) is 12.1 Å². The highest BCUT2D eigenvalue weighted by Crippen LogP contribution is 2.21. The van der Waals surface area contributed by atoms with Crippen molar-refractivity contribution in [1.29, 1.82) is 0 Å². The summed E-state index contributed by atoms with van der Waals surface area (Å²) in [6.07, 6.45) is 1.68. The van der Waals surface area contributed by atoms with Gasteiger partial charge in [-0.15, -0.1) is 11.3 Å². The van der Waals surface area contributed by atoms with Crippen molar-refractivity contribution in [2.75, 3.05) is 24.3 Å². The molecule has 0 saturated heterocycles. The van der Waals surface area contributed by atoms with Gasteiger partial charge in [-0.25, -0.2) is 9.97 Å². The fourth-order valence-corrected chi connectivity index (χ4v) is 2.20. The second-order valence-electron chi connectivity index (χ2n) is 4.05. The molecule has 2 aromatic heterocycles. The number of thiazole rings is 1. The minimum Gasteiger partial charge on any atom is -0.361 e. The van der Waals surface area contributed by atoms with E-state index in [2.05, 4.69) is 15.3 Å². The lowest BCUT2D eigenvalue weighted by Crippen LogP contribution is -2.18. The molecule has 0 aliphatic rings. The maximum absolute atomic E-state index is 12.1. The number of aromatic nitrogens is 2. The van der Waals surface area contributed by atoms with Crippen LogP contribution in [-0.2, 0) is 6.54 Å². The number of carbonyl (C=O) groups excluding carboxylic acids is 1. The van der Waals surface area contributed by atoms with Gasteiger partial charge in [-0.3, -0.25) is 4.79 Å². The second-order valence-corrected chi connectivity index (χ2v) is 5.00. The molecular formula is C12H15N5OS. The van der Waals surface area contributed by atoms with Crippen LogP contribution in [0.1, 0.15) is 15.5 Å². The topological polar surface area (TPSA) is 84.1 Å². The molecular weight excluding hydrogens is 262 g/mol. The van der Waals surface area contributed by atoms with Gasteiger partial charge in [0.15, 0.2) is 5.82 Å². The van der Waals surface area contributed by atoms with Crippen molar-refractivity contribution in [1.82, 2.24) is 9.97 Å². The Hall–Kier alpha value is -1.99. The minimum atomic E-state index is -0.257. The van der Waals surface area contributed by atoms with E-state index in [0.717, 1.165) is 5.01 Å². The zero-order valence-electron chi connectivity index (χ0n) is 10.8. The molecule has 0 fully saturated rings. The molecule has 6 nitrogen and oxygen atoms in total. The fourth-order valence-electron chi connectivity index (χ4n) is 1.55. The number of nitrogens with two attached hydrogens (primary N) is 1. The van der Waals surface area contributed by atoms with Crippen LogP contribution in [0.5, 0.6) is 0 Å². The SMILES string of the molecule is CN(C)c1ncccc1NC(=O)c1csc(CN)n1. The average Bonchev–Trinajstić information content (AvgIpc) is 2.88. The van der Waals surface area contributed by atoms with E-state index in [1.54, 1.807) is 23.7 Å². The van der Waals surface area contributed by atoms with Crippen molar-refractivity contribution >= 4 is 28.7 Å². The summed E-state index contributed by atoms with van der Waals surface area (Å²) in [5, 5.41) is 5.24. The number of anilines is 2. The zero-order valence-corrected chi connectivity index (χ0v) is 11.6. The molecule has 0 aliphatic heterocycles. The van der Waals surface area contributed by atoms with E-state index in [1.165, 1.54) is 11.3 Å². The van der Waals surface area contributed by atoms with Crippen LogP contribution >= 0.6 is 11.3 Å². The lowest BCUT2D eigenvalue weighted by molar-refractivity contribution is 0.102. The molecule has 0 unspecified atom stereocenters. The molecule has 0 bridgehead atoms. The number of amides is 1. The highest BCUT2D eigenvalue weighted by atomic mass is 32.1. The summed E-state index contributed by atoms with van der Waals surface area (Å²) in [6, 6.07) is 3.57. The monoisotopic (exact) mass is 277 g/mol. The molecule has 19 heavy (non-hydrogen) atoms. The Morgan fingerprint density at radius 3 is 2.95 bits per heavy atom. The number of rotatable bonds is 4. The molecule has 0 saturated carbocycles. The summed E-state index contributed by atoms with van der Waals surface area (Å²) >= 11 is 1.38. The third-order valence-corrected chi connectivity index (χ3v) is 3.29. The molecule has 100 valence electrons. The number of pyridine rings is 1. The summed E-state index contributed by atoms with van der Waals surface area (Å²) in [6.45, 7) is 0.341. The fraction of sp³-hybridized carbons (Fsp3) is 0.250.